The van der Waals surface area contributed by atoms with Crippen LogP contribution in [0.4, 0.5) is 5.69 Å². The van der Waals surface area contributed by atoms with Crippen LogP contribution in [-0.4, -0.2) is 31.6 Å². The molecule has 0 saturated heterocycles. The van der Waals surface area contributed by atoms with Gasteiger partial charge in [0.15, 0.2) is 0 Å². The minimum absolute atomic E-state index is 0.0440. The lowest BCUT2D eigenvalue weighted by Crippen LogP contribution is -2.35. The molecular weight excluding hydrogens is 232 g/mol. The van der Waals surface area contributed by atoms with Gasteiger partial charge in [-0.3, -0.25) is 9.59 Å². The minimum atomic E-state index is -0.158. The Hall–Kier alpha value is -1.88. The van der Waals surface area contributed by atoms with Gasteiger partial charge in [-0.05, 0) is 31.2 Å². The fourth-order valence-electron chi connectivity index (χ4n) is 1.51. The topological polar surface area (TPSA) is 67.4 Å². The van der Waals surface area contributed by atoms with E-state index < -0.39 is 0 Å². The lowest BCUT2D eigenvalue weighted by atomic mass is 10.2. The fraction of sp³-hybridized carbons (Fsp3) is 0.385. The average molecular weight is 250 g/mol. The molecule has 98 valence electrons. The normalized spacial score (nSPS) is 11.7. The number of anilines is 1. The van der Waals surface area contributed by atoms with E-state index in [0.29, 0.717) is 17.9 Å². The Morgan fingerprint density at radius 3 is 2.39 bits per heavy atom. The molecule has 1 atom stereocenters. The molecule has 5 heteroatoms. The summed E-state index contributed by atoms with van der Waals surface area (Å²) in [4.78, 5) is 22.7. The van der Waals surface area contributed by atoms with Crippen molar-refractivity contribution in [2.24, 2.45) is 0 Å². The summed E-state index contributed by atoms with van der Waals surface area (Å²) in [6.07, 6.45) is 0. The van der Waals surface area contributed by atoms with E-state index in [4.69, 9.17) is 4.74 Å². The smallest absolute Gasteiger partial charge is 0.251 e. The maximum atomic E-state index is 11.8. The highest BCUT2D eigenvalue weighted by Crippen LogP contribution is 2.09. The van der Waals surface area contributed by atoms with Crippen LogP contribution in [-0.2, 0) is 9.53 Å². The quantitative estimate of drug-likeness (QED) is 0.830. The summed E-state index contributed by atoms with van der Waals surface area (Å²) in [6, 6.07) is 6.67. The van der Waals surface area contributed by atoms with Crippen molar-refractivity contribution in [1.82, 2.24) is 5.32 Å². The van der Waals surface area contributed by atoms with Gasteiger partial charge in [0.05, 0.1) is 6.61 Å². The van der Waals surface area contributed by atoms with E-state index in [1.54, 1.807) is 31.4 Å². The molecule has 18 heavy (non-hydrogen) atoms. The van der Waals surface area contributed by atoms with Crippen LogP contribution in [0.2, 0.25) is 0 Å². The number of hydrogen-bond acceptors (Lipinski definition) is 3. The molecule has 0 aliphatic rings. The molecule has 2 amide bonds. The monoisotopic (exact) mass is 250 g/mol. The van der Waals surface area contributed by atoms with Gasteiger partial charge in [-0.1, -0.05) is 0 Å². The highest BCUT2D eigenvalue weighted by molar-refractivity contribution is 5.95. The summed E-state index contributed by atoms with van der Waals surface area (Å²) < 4.78 is 4.94. The van der Waals surface area contributed by atoms with Crippen LogP contribution < -0.4 is 10.6 Å². The summed E-state index contributed by atoms with van der Waals surface area (Å²) in [6.45, 7) is 3.77. The Balaban J connectivity index is 2.61. The van der Waals surface area contributed by atoms with Gasteiger partial charge in [0.25, 0.3) is 5.91 Å². The zero-order valence-electron chi connectivity index (χ0n) is 10.8. The molecular formula is C13H18N2O3. The molecule has 0 spiro atoms. The molecule has 0 fully saturated rings. The molecule has 0 aliphatic carbocycles. The molecule has 0 saturated carbocycles. The van der Waals surface area contributed by atoms with Crippen LogP contribution in [0.1, 0.15) is 24.2 Å². The second kappa shape index (κ2) is 6.76. The highest BCUT2D eigenvalue weighted by Gasteiger charge is 2.09. The van der Waals surface area contributed by atoms with Gasteiger partial charge in [0.2, 0.25) is 5.91 Å². The lowest BCUT2D eigenvalue weighted by Gasteiger charge is -2.12. The van der Waals surface area contributed by atoms with E-state index in [0.717, 1.165) is 0 Å². The second-order valence-corrected chi connectivity index (χ2v) is 4.09. The Bertz CT molecular complexity index is 415. The summed E-state index contributed by atoms with van der Waals surface area (Å²) in [5, 5.41) is 5.45. The van der Waals surface area contributed by atoms with Crippen molar-refractivity contribution in [2.45, 2.75) is 19.9 Å². The van der Waals surface area contributed by atoms with Crippen molar-refractivity contribution in [1.29, 1.82) is 0 Å². The highest BCUT2D eigenvalue weighted by atomic mass is 16.5. The first kappa shape index (κ1) is 14.2. The van der Waals surface area contributed by atoms with E-state index in [-0.39, 0.29) is 17.9 Å². The largest absolute Gasteiger partial charge is 0.383 e. The number of rotatable bonds is 5. The Kier molecular flexibility index (Phi) is 5.32. The van der Waals surface area contributed by atoms with Gasteiger partial charge < -0.3 is 15.4 Å². The SMILES string of the molecule is COC[C@@H](C)NC(=O)c1ccc(NC(C)=O)cc1. The number of amides is 2. The Morgan fingerprint density at radius 1 is 1.28 bits per heavy atom. The van der Waals surface area contributed by atoms with Gasteiger partial charge in [-0.25, -0.2) is 0 Å². The molecule has 2 N–H and O–H groups in total. The van der Waals surface area contributed by atoms with Crippen molar-refractivity contribution in [2.75, 3.05) is 19.0 Å². The molecule has 0 aromatic heterocycles. The standard InChI is InChI=1S/C13H18N2O3/c1-9(8-18-3)14-13(17)11-4-6-12(7-5-11)15-10(2)16/h4-7,9H,8H2,1-3H3,(H,14,17)(H,15,16)/t9-/m1/s1. The first-order valence-electron chi connectivity index (χ1n) is 5.70. The maximum absolute atomic E-state index is 11.8. The molecule has 1 aromatic carbocycles. The van der Waals surface area contributed by atoms with Gasteiger partial charge in [0, 0.05) is 31.3 Å². The van der Waals surface area contributed by atoms with Gasteiger partial charge >= 0.3 is 0 Å². The number of carbonyl (C=O) groups is 2. The molecule has 0 heterocycles. The second-order valence-electron chi connectivity index (χ2n) is 4.09. The van der Waals surface area contributed by atoms with E-state index in [9.17, 15) is 9.59 Å². The van der Waals surface area contributed by atoms with Crippen molar-refractivity contribution in [3.05, 3.63) is 29.8 Å². The first-order chi connectivity index (χ1) is 8.52. The number of benzene rings is 1. The molecule has 1 aromatic rings. The van der Waals surface area contributed by atoms with E-state index in [2.05, 4.69) is 10.6 Å². The van der Waals surface area contributed by atoms with Gasteiger partial charge in [0.1, 0.15) is 0 Å². The van der Waals surface area contributed by atoms with Gasteiger partial charge in [-0.2, -0.15) is 0 Å². The number of nitrogens with one attached hydrogen (secondary N) is 2. The predicted octanol–water partition coefficient (Wildman–Crippen LogP) is 1.41. The molecule has 1 rings (SSSR count). The van der Waals surface area contributed by atoms with Crippen molar-refractivity contribution in [3.63, 3.8) is 0 Å². The molecule has 0 radical (unpaired) electrons. The van der Waals surface area contributed by atoms with Crippen LogP contribution in [0.3, 0.4) is 0 Å². The zero-order chi connectivity index (χ0) is 13.5. The molecule has 5 nitrogen and oxygen atoms in total. The number of methoxy groups -OCH3 is 1. The Morgan fingerprint density at radius 2 is 1.89 bits per heavy atom. The van der Waals surface area contributed by atoms with Crippen LogP contribution in [0.25, 0.3) is 0 Å². The van der Waals surface area contributed by atoms with Crippen molar-refractivity contribution >= 4 is 17.5 Å². The number of carbonyl (C=O) groups excluding carboxylic acids is 2. The van der Waals surface area contributed by atoms with Crippen LogP contribution in [0.15, 0.2) is 24.3 Å². The summed E-state index contributed by atoms with van der Waals surface area (Å²) in [5.41, 5.74) is 1.22. The number of hydrogen-bond donors (Lipinski definition) is 2. The maximum Gasteiger partial charge on any atom is 0.251 e. The number of ether oxygens (including phenoxy) is 1. The predicted molar refractivity (Wildman–Crippen MR) is 69.5 cm³/mol. The third-order valence-electron chi connectivity index (χ3n) is 2.26. The van der Waals surface area contributed by atoms with E-state index in [1.807, 2.05) is 6.92 Å². The van der Waals surface area contributed by atoms with Gasteiger partial charge in [-0.15, -0.1) is 0 Å². The summed E-state index contributed by atoms with van der Waals surface area (Å²) in [7, 11) is 1.59. The van der Waals surface area contributed by atoms with E-state index in [1.165, 1.54) is 6.92 Å². The minimum Gasteiger partial charge on any atom is -0.383 e. The third kappa shape index (κ3) is 4.55. The van der Waals surface area contributed by atoms with Crippen molar-refractivity contribution < 1.29 is 14.3 Å². The summed E-state index contributed by atoms with van der Waals surface area (Å²) in [5.74, 6) is -0.296. The van der Waals surface area contributed by atoms with Crippen LogP contribution >= 0.6 is 0 Å². The van der Waals surface area contributed by atoms with Crippen molar-refractivity contribution in [3.8, 4) is 0 Å². The first-order valence-corrected chi connectivity index (χ1v) is 5.70. The van der Waals surface area contributed by atoms with E-state index >= 15 is 0 Å². The molecule has 0 unspecified atom stereocenters. The van der Waals surface area contributed by atoms with Crippen LogP contribution in [0, 0.1) is 0 Å². The summed E-state index contributed by atoms with van der Waals surface area (Å²) >= 11 is 0. The lowest BCUT2D eigenvalue weighted by molar-refractivity contribution is -0.114. The fourth-order valence-corrected chi connectivity index (χ4v) is 1.51. The zero-order valence-corrected chi connectivity index (χ0v) is 10.8. The third-order valence-corrected chi connectivity index (χ3v) is 2.26. The Labute approximate surface area is 107 Å². The van der Waals surface area contributed by atoms with Crippen LogP contribution in [0.5, 0.6) is 0 Å². The molecule has 0 aliphatic heterocycles. The molecule has 0 bridgehead atoms. The average Bonchev–Trinajstić information content (AvgIpc) is 2.29.